The number of hydrogen-bond donors (Lipinski definition) is 1. The summed E-state index contributed by atoms with van der Waals surface area (Å²) in [6.07, 6.45) is 17.9. The lowest BCUT2D eigenvalue weighted by molar-refractivity contribution is -0.121. The monoisotopic (exact) mass is 642 g/mol. The fourth-order valence-electron chi connectivity index (χ4n) is 5.53. The Labute approximate surface area is 273 Å². The highest BCUT2D eigenvalue weighted by atomic mass is 31.2. The molecule has 1 aliphatic rings. The van der Waals surface area contributed by atoms with Crippen molar-refractivity contribution in [3.05, 3.63) is 59.2 Å². The quantitative estimate of drug-likeness (QED) is 0.0604. The van der Waals surface area contributed by atoms with Crippen molar-refractivity contribution >= 4 is 31.5 Å². The first-order valence-corrected chi connectivity index (χ1v) is 18.8. The van der Waals surface area contributed by atoms with Gasteiger partial charge in [0.2, 0.25) is 5.91 Å². The number of allylic oxidation sites excluding steroid dienone is 5. The van der Waals surface area contributed by atoms with Crippen molar-refractivity contribution in [3.8, 4) is 0 Å². The third-order valence-electron chi connectivity index (χ3n) is 7.91. The third kappa shape index (κ3) is 15.1. The molecule has 0 aliphatic carbocycles. The van der Waals surface area contributed by atoms with Crippen molar-refractivity contribution in [2.75, 3.05) is 63.5 Å². The van der Waals surface area contributed by atoms with Crippen LogP contribution in [0.2, 0.25) is 0 Å². The van der Waals surface area contributed by atoms with Crippen LogP contribution in [0.4, 0.5) is 5.69 Å². The summed E-state index contributed by atoms with van der Waals surface area (Å²) >= 11 is 0. The number of hydrogen-bond acceptors (Lipinski definition) is 7. The summed E-state index contributed by atoms with van der Waals surface area (Å²) in [6, 6.07) is 6.83. The molecule has 0 saturated heterocycles. The Balaban J connectivity index is 1.89. The van der Waals surface area contributed by atoms with Crippen molar-refractivity contribution in [3.63, 3.8) is 0 Å². The van der Waals surface area contributed by atoms with Crippen LogP contribution < -0.4 is 10.2 Å². The fraction of sp³-hybridized carbons (Fsp3) is 0.611. The Hall–Kier alpha value is -2.51. The van der Waals surface area contributed by atoms with Gasteiger partial charge in [-0.25, -0.2) is 0 Å². The van der Waals surface area contributed by atoms with Gasteiger partial charge in [0.05, 0.1) is 19.4 Å². The van der Waals surface area contributed by atoms with Crippen LogP contribution in [0.5, 0.6) is 0 Å². The van der Waals surface area contributed by atoms with Gasteiger partial charge >= 0.3 is 7.60 Å². The zero-order valence-electron chi connectivity index (χ0n) is 28.8. The van der Waals surface area contributed by atoms with Gasteiger partial charge in [0, 0.05) is 44.0 Å². The minimum Gasteiger partial charge on any atom is -0.371 e. The van der Waals surface area contributed by atoms with Crippen molar-refractivity contribution in [2.24, 2.45) is 4.99 Å². The fourth-order valence-corrected chi connectivity index (χ4v) is 7.18. The summed E-state index contributed by atoms with van der Waals surface area (Å²) in [5.41, 5.74) is 4.78. The van der Waals surface area contributed by atoms with Crippen LogP contribution in [0.25, 0.3) is 6.08 Å². The molecule has 1 aromatic rings. The first-order valence-electron chi connectivity index (χ1n) is 17.1. The predicted octanol–water partition coefficient (Wildman–Crippen LogP) is 7.70. The maximum absolute atomic E-state index is 12.7. The first kappa shape index (κ1) is 38.7. The predicted molar refractivity (Wildman–Crippen MR) is 192 cm³/mol. The molecule has 1 aromatic carbocycles. The molecule has 1 atom stereocenters. The molecule has 2 rings (SSSR count). The van der Waals surface area contributed by atoms with Crippen molar-refractivity contribution in [1.29, 1.82) is 0 Å². The number of carbonyl (C=O) groups is 1. The molecule has 0 radical (unpaired) electrons. The summed E-state index contributed by atoms with van der Waals surface area (Å²) in [4.78, 5) is 21.9. The number of rotatable bonds is 22. The molecule has 0 fully saturated rings. The summed E-state index contributed by atoms with van der Waals surface area (Å²) < 4.78 is 23.3. The second-order valence-electron chi connectivity index (χ2n) is 11.4. The average Bonchev–Trinajstić information content (AvgIpc) is 3.02. The van der Waals surface area contributed by atoms with Crippen molar-refractivity contribution in [2.45, 2.75) is 86.1 Å². The third-order valence-corrected chi connectivity index (χ3v) is 10.1. The van der Waals surface area contributed by atoms with E-state index in [1.807, 2.05) is 32.9 Å². The standard InChI is InChI=1S/C36H59N4O4P/c1-7-15-32(22-25-37-24-14-29-45(42,43-10-4)44-11-5)18-19-33-20-21-35-34(30-33)17-13-27-40(35)28-23-36(41)38-31(6)16-12-26-39(8-2)9-3/h7,15,18-22,25,30-31H,8-14,16-17,23-24,26-29H2,1-6H3,(H,38,41)/b15-7-,19-18?,32-22+,37-25?. The minimum atomic E-state index is -3.01. The van der Waals surface area contributed by atoms with E-state index in [1.54, 1.807) is 6.21 Å². The molecule has 45 heavy (non-hydrogen) atoms. The van der Waals surface area contributed by atoms with Gasteiger partial charge in [-0.05, 0) is 114 Å². The van der Waals surface area contributed by atoms with E-state index in [9.17, 15) is 9.36 Å². The molecule has 9 heteroatoms. The molecule has 1 N–H and O–H groups in total. The molecule has 1 aliphatic heterocycles. The second kappa shape index (κ2) is 22.1. The Kier molecular flexibility index (Phi) is 19.0. The maximum atomic E-state index is 12.7. The molecular formula is C36H59N4O4P. The van der Waals surface area contributed by atoms with Gasteiger partial charge < -0.3 is 24.2 Å². The molecule has 1 heterocycles. The molecule has 0 aromatic heterocycles. The topological polar surface area (TPSA) is 83.5 Å². The number of benzene rings is 1. The highest BCUT2D eigenvalue weighted by molar-refractivity contribution is 7.53. The van der Waals surface area contributed by atoms with Gasteiger partial charge in [0.15, 0.2) is 0 Å². The molecular weight excluding hydrogens is 583 g/mol. The van der Waals surface area contributed by atoms with Crippen LogP contribution >= 0.6 is 7.60 Å². The number of nitrogens with zero attached hydrogens (tertiary/aromatic N) is 3. The van der Waals surface area contributed by atoms with Gasteiger partial charge in [0.25, 0.3) is 0 Å². The molecule has 0 saturated carbocycles. The lowest BCUT2D eigenvalue weighted by Crippen LogP contribution is -2.37. The van der Waals surface area contributed by atoms with E-state index in [0.717, 1.165) is 69.5 Å². The Bertz CT molecular complexity index is 1170. The lowest BCUT2D eigenvalue weighted by Gasteiger charge is -2.31. The van der Waals surface area contributed by atoms with E-state index in [1.165, 1.54) is 11.3 Å². The van der Waals surface area contributed by atoms with E-state index in [0.29, 0.717) is 38.8 Å². The first-order chi connectivity index (χ1) is 21.8. The van der Waals surface area contributed by atoms with E-state index in [-0.39, 0.29) is 11.9 Å². The molecule has 1 unspecified atom stereocenters. The number of aryl methyl sites for hydroxylation is 1. The van der Waals surface area contributed by atoms with Gasteiger partial charge in [-0.2, -0.15) is 0 Å². The Morgan fingerprint density at radius 2 is 1.89 bits per heavy atom. The highest BCUT2D eigenvalue weighted by Gasteiger charge is 2.22. The number of fused-ring (bicyclic) bond motifs is 1. The summed E-state index contributed by atoms with van der Waals surface area (Å²) in [5, 5.41) is 3.20. The van der Waals surface area contributed by atoms with E-state index < -0.39 is 7.60 Å². The van der Waals surface area contributed by atoms with E-state index >= 15 is 0 Å². The smallest absolute Gasteiger partial charge is 0.330 e. The molecule has 0 bridgehead atoms. The second-order valence-corrected chi connectivity index (χ2v) is 13.6. The summed E-state index contributed by atoms with van der Waals surface area (Å²) in [7, 11) is -3.01. The Morgan fingerprint density at radius 3 is 2.58 bits per heavy atom. The minimum absolute atomic E-state index is 0.139. The van der Waals surface area contributed by atoms with Gasteiger partial charge in [-0.15, -0.1) is 0 Å². The number of aliphatic imine (C=N–C) groups is 1. The van der Waals surface area contributed by atoms with Crippen molar-refractivity contribution < 1.29 is 18.4 Å². The van der Waals surface area contributed by atoms with E-state index in [4.69, 9.17) is 9.05 Å². The zero-order valence-corrected chi connectivity index (χ0v) is 29.7. The van der Waals surface area contributed by atoms with Crippen LogP contribution in [0, 0.1) is 0 Å². The molecule has 1 amide bonds. The van der Waals surface area contributed by atoms with Crippen LogP contribution in [0.15, 0.2) is 53.1 Å². The Morgan fingerprint density at radius 1 is 1.13 bits per heavy atom. The summed E-state index contributed by atoms with van der Waals surface area (Å²) in [6.45, 7) is 18.4. The molecule has 8 nitrogen and oxygen atoms in total. The maximum Gasteiger partial charge on any atom is 0.330 e. The normalized spacial score (nSPS) is 15.1. The van der Waals surface area contributed by atoms with Crippen LogP contribution in [-0.4, -0.2) is 81.7 Å². The van der Waals surface area contributed by atoms with Crippen LogP contribution in [-0.2, 0) is 24.8 Å². The average molecular weight is 643 g/mol. The zero-order chi connectivity index (χ0) is 32.9. The van der Waals surface area contributed by atoms with Gasteiger partial charge in [-0.1, -0.05) is 44.2 Å². The van der Waals surface area contributed by atoms with Crippen molar-refractivity contribution in [1.82, 2.24) is 10.2 Å². The SMILES string of the molecule is C/C=C\C(C=Cc1ccc2c(c1)CCCN2CCC(=O)NC(C)CCCN(CC)CC)=C/C=NCCCP(=O)(OCC)OCC. The highest BCUT2D eigenvalue weighted by Crippen LogP contribution is 2.48. The number of amides is 1. The number of nitrogens with one attached hydrogen (secondary N) is 1. The molecule has 252 valence electrons. The van der Waals surface area contributed by atoms with E-state index in [2.05, 4.69) is 77.3 Å². The van der Waals surface area contributed by atoms with Crippen LogP contribution in [0.1, 0.15) is 84.8 Å². The van der Waals surface area contributed by atoms with Crippen LogP contribution in [0.3, 0.4) is 0 Å². The van der Waals surface area contributed by atoms with Gasteiger partial charge in [0.1, 0.15) is 0 Å². The number of carbonyl (C=O) groups excluding carboxylic acids is 1. The molecule has 0 spiro atoms. The lowest BCUT2D eigenvalue weighted by atomic mass is 9.98. The largest absolute Gasteiger partial charge is 0.371 e. The number of anilines is 1. The van der Waals surface area contributed by atoms with Gasteiger partial charge in [-0.3, -0.25) is 14.4 Å². The summed E-state index contributed by atoms with van der Waals surface area (Å²) in [5.74, 6) is 0.139.